The van der Waals surface area contributed by atoms with E-state index in [0.29, 0.717) is 4.90 Å². The van der Waals surface area contributed by atoms with Gasteiger partial charge in [-0.05, 0) is 25.1 Å². The van der Waals surface area contributed by atoms with Crippen molar-refractivity contribution in [3.8, 4) is 0 Å². The number of hydrogen-bond donors (Lipinski definition) is 1. The van der Waals surface area contributed by atoms with Gasteiger partial charge in [0.15, 0.2) is 0 Å². The van der Waals surface area contributed by atoms with Crippen LogP contribution >= 0.6 is 23.4 Å². The van der Waals surface area contributed by atoms with Gasteiger partial charge in [0.25, 0.3) is 0 Å². The molecule has 1 aromatic carbocycles. The lowest BCUT2D eigenvalue weighted by atomic mass is 10.2. The fraction of sp³-hybridized carbons (Fsp3) is 0.300. The van der Waals surface area contributed by atoms with Gasteiger partial charge < -0.3 is 5.73 Å². The zero-order valence-electron chi connectivity index (χ0n) is 8.72. The Hall–Kier alpha value is -0.880. The molecule has 0 aliphatic carbocycles. The summed E-state index contributed by atoms with van der Waals surface area (Å²) in [5, 5.41) is -0.967. The molecule has 1 atom stereocenters. The Morgan fingerprint density at radius 1 is 1.47 bits per heavy atom. The summed E-state index contributed by atoms with van der Waals surface area (Å²) in [5.41, 5.74) is 4.11. The van der Waals surface area contributed by atoms with E-state index in [0.717, 1.165) is 23.9 Å². The molecular formula is C10H9ClF3NOS. The lowest BCUT2D eigenvalue weighted by Crippen LogP contribution is -2.22. The molecule has 0 heterocycles. The first-order valence-corrected chi connectivity index (χ1v) is 5.80. The van der Waals surface area contributed by atoms with Crippen LogP contribution in [0.5, 0.6) is 0 Å². The van der Waals surface area contributed by atoms with Gasteiger partial charge in [0.05, 0.1) is 15.8 Å². The largest absolute Gasteiger partial charge is 0.417 e. The van der Waals surface area contributed by atoms with E-state index in [4.69, 9.17) is 17.3 Å². The van der Waals surface area contributed by atoms with E-state index < -0.39 is 22.9 Å². The van der Waals surface area contributed by atoms with Crippen LogP contribution in [0.3, 0.4) is 0 Å². The average Bonchev–Trinajstić information content (AvgIpc) is 2.19. The number of halogens is 4. The van der Waals surface area contributed by atoms with E-state index in [1.807, 2.05) is 0 Å². The molecule has 7 heteroatoms. The molecule has 1 rings (SSSR count). The van der Waals surface area contributed by atoms with Crippen molar-refractivity contribution in [2.24, 2.45) is 5.73 Å². The van der Waals surface area contributed by atoms with Gasteiger partial charge in [0, 0.05) is 4.90 Å². The molecule has 2 N–H and O–H groups in total. The SMILES string of the molecule is CC(Sc1ccc(Cl)c(C(F)(F)F)c1)C(N)=O. The van der Waals surface area contributed by atoms with Gasteiger partial charge in [0.2, 0.25) is 5.91 Å². The molecule has 2 nitrogen and oxygen atoms in total. The minimum Gasteiger partial charge on any atom is -0.369 e. The fourth-order valence-electron chi connectivity index (χ4n) is 1.06. The summed E-state index contributed by atoms with van der Waals surface area (Å²) in [6, 6.07) is 3.48. The number of alkyl halides is 3. The second kappa shape index (κ2) is 5.18. The van der Waals surface area contributed by atoms with Crippen molar-refractivity contribution < 1.29 is 18.0 Å². The highest BCUT2D eigenvalue weighted by Crippen LogP contribution is 2.37. The molecular weight excluding hydrogens is 275 g/mol. The molecule has 1 unspecified atom stereocenters. The number of carbonyl (C=O) groups is 1. The Morgan fingerprint density at radius 3 is 2.53 bits per heavy atom. The summed E-state index contributed by atoms with van der Waals surface area (Å²) in [5.74, 6) is -0.585. The maximum atomic E-state index is 12.5. The van der Waals surface area contributed by atoms with Gasteiger partial charge in [-0.15, -0.1) is 11.8 Å². The van der Waals surface area contributed by atoms with Crippen LogP contribution in [0.4, 0.5) is 13.2 Å². The normalized spacial score (nSPS) is 13.5. The van der Waals surface area contributed by atoms with Gasteiger partial charge in [-0.1, -0.05) is 11.6 Å². The molecule has 1 aromatic rings. The summed E-state index contributed by atoms with van der Waals surface area (Å²) in [6.07, 6.45) is -4.51. The first-order chi connectivity index (χ1) is 7.71. The first-order valence-electron chi connectivity index (χ1n) is 4.54. The van der Waals surface area contributed by atoms with Crippen molar-refractivity contribution in [2.75, 3.05) is 0 Å². The average molecular weight is 284 g/mol. The third kappa shape index (κ3) is 3.81. The van der Waals surface area contributed by atoms with Gasteiger partial charge in [-0.25, -0.2) is 0 Å². The summed E-state index contributed by atoms with van der Waals surface area (Å²) in [4.78, 5) is 11.1. The van der Waals surface area contributed by atoms with Crippen LogP contribution < -0.4 is 5.73 Å². The molecule has 0 aromatic heterocycles. The summed E-state index contributed by atoms with van der Waals surface area (Å²) < 4.78 is 37.6. The lowest BCUT2D eigenvalue weighted by Gasteiger charge is -2.12. The summed E-state index contributed by atoms with van der Waals surface area (Å²) in [6.45, 7) is 1.52. The number of hydrogen-bond acceptors (Lipinski definition) is 2. The van der Waals surface area contributed by atoms with Crippen molar-refractivity contribution in [3.05, 3.63) is 28.8 Å². The van der Waals surface area contributed by atoms with Crippen molar-refractivity contribution >= 4 is 29.3 Å². The highest BCUT2D eigenvalue weighted by atomic mass is 35.5. The molecule has 0 saturated heterocycles. The Bertz CT molecular complexity index is 436. The van der Waals surface area contributed by atoms with E-state index in [1.54, 1.807) is 0 Å². The van der Waals surface area contributed by atoms with Gasteiger partial charge >= 0.3 is 6.18 Å². The second-order valence-electron chi connectivity index (χ2n) is 3.30. The summed E-state index contributed by atoms with van der Waals surface area (Å²) >= 11 is 6.42. The monoisotopic (exact) mass is 283 g/mol. The number of carbonyl (C=O) groups excluding carboxylic acids is 1. The zero-order chi connectivity index (χ0) is 13.2. The van der Waals surface area contributed by atoms with Gasteiger partial charge in [-0.2, -0.15) is 13.2 Å². The topological polar surface area (TPSA) is 43.1 Å². The van der Waals surface area contributed by atoms with Gasteiger partial charge in [0.1, 0.15) is 0 Å². The number of thioether (sulfide) groups is 1. The molecule has 0 bridgehead atoms. The van der Waals surface area contributed by atoms with E-state index in [9.17, 15) is 18.0 Å². The fourth-order valence-corrected chi connectivity index (χ4v) is 2.14. The molecule has 94 valence electrons. The maximum absolute atomic E-state index is 12.5. The van der Waals surface area contributed by atoms with Crippen LogP contribution in [0, 0.1) is 0 Å². The Labute approximate surface area is 105 Å². The van der Waals surface area contributed by atoms with Crippen LogP contribution in [-0.4, -0.2) is 11.2 Å². The number of amides is 1. The zero-order valence-corrected chi connectivity index (χ0v) is 10.3. The third-order valence-corrected chi connectivity index (χ3v) is 3.40. The maximum Gasteiger partial charge on any atom is 0.417 e. The Kier molecular flexibility index (Phi) is 4.32. The number of nitrogens with two attached hydrogens (primary N) is 1. The standard InChI is InChI=1S/C10H9ClF3NOS/c1-5(9(15)16)17-6-2-3-8(11)7(4-6)10(12,13)14/h2-5H,1H3,(H2,15,16). The van der Waals surface area contributed by atoms with Crippen molar-refractivity contribution in [1.82, 2.24) is 0 Å². The predicted molar refractivity (Wildman–Crippen MR) is 61.0 cm³/mol. The Balaban J connectivity index is 3.01. The minimum atomic E-state index is -4.51. The van der Waals surface area contributed by atoms with Crippen LogP contribution in [0.1, 0.15) is 12.5 Å². The van der Waals surface area contributed by atoms with Crippen LogP contribution in [0.2, 0.25) is 5.02 Å². The quantitative estimate of drug-likeness (QED) is 0.865. The molecule has 0 aliphatic rings. The van der Waals surface area contributed by atoms with Gasteiger partial charge in [-0.3, -0.25) is 4.79 Å². The number of primary amides is 1. The predicted octanol–water partition coefficient (Wildman–Crippen LogP) is 3.32. The molecule has 1 amide bonds. The summed E-state index contributed by atoms with van der Waals surface area (Å²) in [7, 11) is 0. The molecule has 0 radical (unpaired) electrons. The second-order valence-corrected chi connectivity index (χ2v) is 5.12. The van der Waals surface area contributed by atoms with E-state index in [2.05, 4.69) is 0 Å². The highest BCUT2D eigenvalue weighted by molar-refractivity contribution is 8.00. The lowest BCUT2D eigenvalue weighted by molar-refractivity contribution is -0.137. The Morgan fingerprint density at radius 2 is 2.06 bits per heavy atom. The third-order valence-electron chi connectivity index (χ3n) is 1.96. The van der Waals surface area contributed by atoms with Crippen molar-refractivity contribution in [1.29, 1.82) is 0 Å². The van der Waals surface area contributed by atoms with E-state index in [1.165, 1.54) is 13.0 Å². The van der Waals surface area contributed by atoms with Crippen molar-refractivity contribution in [3.63, 3.8) is 0 Å². The van der Waals surface area contributed by atoms with Crippen LogP contribution in [-0.2, 0) is 11.0 Å². The molecule has 0 spiro atoms. The first kappa shape index (κ1) is 14.2. The smallest absolute Gasteiger partial charge is 0.369 e. The van der Waals surface area contributed by atoms with Crippen LogP contribution in [0.15, 0.2) is 23.1 Å². The molecule has 17 heavy (non-hydrogen) atoms. The van der Waals surface area contributed by atoms with Crippen molar-refractivity contribution in [2.45, 2.75) is 23.2 Å². The molecule has 0 fully saturated rings. The molecule has 0 aliphatic heterocycles. The van der Waals surface area contributed by atoms with E-state index in [-0.39, 0.29) is 5.02 Å². The van der Waals surface area contributed by atoms with E-state index >= 15 is 0 Å². The minimum absolute atomic E-state index is 0.299. The molecule has 0 saturated carbocycles. The van der Waals surface area contributed by atoms with Crippen LogP contribution in [0.25, 0.3) is 0 Å². The highest BCUT2D eigenvalue weighted by Gasteiger charge is 2.33. The number of benzene rings is 1. The number of rotatable bonds is 3.